The fourth-order valence-electron chi connectivity index (χ4n) is 5.48. The lowest BCUT2D eigenvalue weighted by molar-refractivity contribution is 0.102. The van der Waals surface area contributed by atoms with E-state index in [2.05, 4.69) is 22.9 Å². The van der Waals surface area contributed by atoms with Crippen LogP contribution >= 0.6 is 0 Å². The second kappa shape index (κ2) is 12.6. The van der Waals surface area contributed by atoms with E-state index in [0.717, 1.165) is 42.6 Å². The number of anilines is 2. The number of ether oxygens (including phenoxy) is 1. The van der Waals surface area contributed by atoms with E-state index in [0.29, 0.717) is 40.4 Å². The number of methoxy groups -OCH3 is 1. The number of pyridine rings is 1. The maximum Gasteiger partial charge on any atom is 0.260 e. The van der Waals surface area contributed by atoms with Crippen LogP contribution in [0.2, 0.25) is 0 Å². The zero-order valence-corrected chi connectivity index (χ0v) is 23.6. The highest BCUT2D eigenvalue weighted by atomic mass is 16.5. The number of rotatable bonds is 8. The van der Waals surface area contributed by atoms with Crippen molar-refractivity contribution in [2.75, 3.05) is 31.2 Å². The molecule has 0 radical (unpaired) electrons. The Morgan fingerprint density at radius 3 is 2.64 bits per heavy atom. The first-order chi connectivity index (χ1) is 20.4. The fourth-order valence-corrected chi connectivity index (χ4v) is 5.48. The number of nitrogen functional groups attached to an aromatic ring is 1. The van der Waals surface area contributed by atoms with Gasteiger partial charge in [-0.25, -0.2) is 4.98 Å². The minimum atomic E-state index is -0.444. The number of hydrogen-bond donors (Lipinski definition) is 3. The van der Waals surface area contributed by atoms with Gasteiger partial charge in [0.25, 0.3) is 5.91 Å². The molecule has 1 aromatic heterocycles. The van der Waals surface area contributed by atoms with Crippen molar-refractivity contribution in [2.45, 2.75) is 25.3 Å². The summed E-state index contributed by atoms with van der Waals surface area (Å²) >= 11 is 0. The van der Waals surface area contributed by atoms with Gasteiger partial charge in [-0.3, -0.25) is 4.79 Å². The summed E-state index contributed by atoms with van der Waals surface area (Å²) < 4.78 is 5.38. The Labute approximate surface area is 246 Å². The Balaban J connectivity index is 1.62. The molecule has 8 heteroatoms. The van der Waals surface area contributed by atoms with Crippen molar-refractivity contribution in [3.8, 4) is 34.2 Å². The normalized spacial score (nSPS) is 14.6. The first kappa shape index (κ1) is 28.4. The molecule has 1 aliphatic heterocycles. The smallest absolute Gasteiger partial charge is 0.260 e. The number of amides is 1. The summed E-state index contributed by atoms with van der Waals surface area (Å²) in [5.41, 5.74) is 18.0. The molecule has 1 saturated heterocycles. The predicted molar refractivity (Wildman–Crippen MR) is 168 cm³/mol. The first-order valence-corrected chi connectivity index (χ1v) is 14.0. The van der Waals surface area contributed by atoms with E-state index < -0.39 is 5.91 Å². The van der Waals surface area contributed by atoms with E-state index in [1.807, 2.05) is 48.5 Å². The van der Waals surface area contributed by atoms with Crippen molar-refractivity contribution in [1.29, 1.82) is 5.26 Å². The van der Waals surface area contributed by atoms with Gasteiger partial charge in [0.2, 0.25) is 0 Å². The van der Waals surface area contributed by atoms with Crippen molar-refractivity contribution in [1.82, 2.24) is 9.88 Å². The van der Waals surface area contributed by atoms with Crippen LogP contribution in [0.4, 0.5) is 11.5 Å². The average Bonchev–Trinajstić information content (AvgIpc) is 3.04. The number of carbonyl (C=O) groups is 1. The van der Waals surface area contributed by atoms with Crippen molar-refractivity contribution in [3.63, 3.8) is 0 Å². The minimum Gasteiger partial charge on any atom is -0.496 e. The van der Waals surface area contributed by atoms with Crippen LogP contribution in [0, 0.1) is 11.3 Å². The highest BCUT2D eigenvalue weighted by molar-refractivity contribution is 6.07. The van der Waals surface area contributed by atoms with Gasteiger partial charge in [0.15, 0.2) is 5.82 Å². The molecule has 1 aliphatic rings. The molecule has 0 spiro atoms. The number of hydrogen-bond acceptors (Lipinski definition) is 7. The number of nitrogens with zero attached hydrogens (tertiary/aromatic N) is 3. The maximum atomic E-state index is 13.4. The second-order valence-electron chi connectivity index (χ2n) is 10.2. The van der Waals surface area contributed by atoms with E-state index in [1.54, 1.807) is 30.3 Å². The number of piperidine rings is 1. The topological polar surface area (TPSA) is 130 Å². The van der Waals surface area contributed by atoms with Gasteiger partial charge in [-0.05, 0) is 60.7 Å². The Morgan fingerprint density at radius 2 is 1.88 bits per heavy atom. The number of nitrogens with two attached hydrogens (primary N) is 2. The number of likely N-dealkylation sites (tertiary alicyclic amines) is 1. The molecule has 3 aromatic carbocycles. The lowest BCUT2D eigenvalue weighted by Gasteiger charge is -2.38. The molecule has 5 rings (SSSR count). The van der Waals surface area contributed by atoms with Crippen LogP contribution in [0.5, 0.6) is 5.75 Å². The summed E-state index contributed by atoms with van der Waals surface area (Å²) in [6.45, 7) is 5.89. The molecule has 1 amide bonds. The van der Waals surface area contributed by atoms with Crippen molar-refractivity contribution in [3.05, 3.63) is 102 Å². The molecule has 42 heavy (non-hydrogen) atoms. The van der Waals surface area contributed by atoms with Crippen LogP contribution in [-0.2, 0) is 0 Å². The number of benzene rings is 3. The standard InChI is InChI=1S/C34H34N6O2/c1-22(40-17-8-7-12-25(40)20-35)23-10-9-11-24(18-23)28-19-31(26-13-3-5-15-30(26)37)38-33(29(28)21-36)39-34(41)27-14-4-6-16-32(27)42-2/h3-6,9-11,13-16,18-19,25H,1,7-8,12,17,20,35,37H2,2H3,(H,38,39,41). The molecule has 5 N–H and O–H groups in total. The van der Waals surface area contributed by atoms with Crippen molar-refractivity contribution < 1.29 is 9.53 Å². The van der Waals surface area contributed by atoms with Gasteiger partial charge in [-0.2, -0.15) is 5.26 Å². The van der Waals surface area contributed by atoms with Crippen LogP contribution in [0.15, 0.2) is 85.4 Å². The zero-order chi connectivity index (χ0) is 29.6. The predicted octanol–water partition coefficient (Wildman–Crippen LogP) is 5.91. The first-order valence-electron chi connectivity index (χ1n) is 14.0. The van der Waals surface area contributed by atoms with Gasteiger partial charge in [0, 0.05) is 41.6 Å². The van der Waals surface area contributed by atoms with Crippen LogP contribution < -0.4 is 21.5 Å². The number of nitrogens with one attached hydrogen (secondary N) is 1. The highest BCUT2D eigenvalue weighted by Crippen LogP contribution is 2.36. The van der Waals surface area contributed by atoms with Gasteiger partial charge in [0.05, 0.1) is 18.4 Å². The second-order valence-corrected chi connectivity index (χ2v) is 10.2. The van der Waals surface area contributed by atoms with Crippen LogP contribution in [0.3, 0.4) is 0 Å². The number of para-hydroxylation sites is 2. The molecule has 2 heterocycles. The van der Waals surface area contributed by atoms with Crippen LogP contribution in [-0.4, -0.2) is 42.0 Å². The SMILES string of the molecule is C=C(c1cccc(-c2cc(-c3ccccc3N)nc(NC(=O)c3ccccc3OC)c2C#N)c1)N1CCCCC1CN. The van der Waals surface area contributed by atoms with E-state index in [-0.39, 0.29) is 17.4 Å². The Kier molecular flexibility index (Phi) is 8.51. The molecule has 0 bridgehead atoms. The third kappa shape index (κ3) is 5.69. The molecular weight excluding hydrogens is 524 g/mol. The molecule has 0 aliphatic carbocycles. The lowest BCUT2D eigenvalue weighted by atomic mass is 9.95. The van der Waals surface area contributed by atoms with Crippen molar-refractivity contribution in [2.24, 2.45) is 5.73 Å². The fraction of sp³-hybridized carbons (Fsp3) is 0.206. The van der Waals surface area contributed by atoms with Gasteiger partial charge in [-0.1, -0.05) is 55.1 Å². The third-order valence-electron chi connectivity index (χ3n) is 7.70. The quantitative estimate of drug-likeness (QED) is 0.229. The number of carbonyl (C=O) groups excluding carboxylic acids is 1. The van der Waals surface area contributed by atoms with Gasteiger partial charge in [-0.15, -0.1) is 0 Å². The largest absolute Gasteiger partial charge is 0.496 e. The zero-order valence-electron chi connectivity index (χ0n) is 23.6. The molecule has 8 nitrogen and oxygen atoms in total. The molecule has 4 aromatic rings. The van der Waals surface area contributed by atoms with Crippen LogP contribution in [0.25, 0.3) is 28.1 Å². The summed E-state index contributed by atoms with van der Waals surface area (Å²) in [5.74, 6) is 0.102. The average molecular weight is 559 g/mol. The molecule has 1 unspecified atom stereocenters. The molecular formula is C34H34N6O2. The van der Waals surface area contributed by atoms with Crippen LogP contribution in [0.1, 0.15) is 40.7 Å². The summed E-state index contributed by atoms with van der Waals surface area (Å²) in [5, 5.41) is 13.2. The number of nitriles is 1. The van der Waals surface area contributed by atoms with Gasteiger partial charge >= 0.3 is 0 Å². The van der Waals surface area contributed by atoms with Crippen molar-refractivity contribution >= 4 is 23.1 Å². The van der Waals surface area contributed by atoms with E-state index in [1.165, 1.54) is 7.11 Å². The monoisotopic (exact) mass is 558 g/mol. The lowest BCUT2D eigenvalue weighted by Crippen LogP contribution is -2.42. The van der Waals surface area contributed by atoms with E-state index in [9.17, 15) is 10.1 Å². The summed E-state index contributed by atoms with van der Waals surface area (Å²) in [6, 6.07) is 26.5. The van der Waals surface area contributed by atoms with E-state index >= 15 is 0 Å². The molecule has 1 fully saturated rings. The molecule has 0 saturated carbocycles. The number of aromatic nitrogens is 1. The molecule has 1 atom stereocenters. The van der Waals surface area contributed by atoms with E-state index in [4.69, 9.17) is 21.2 Å². The summed E-state index contributed by atoms with van der Waals surface area (Å²) in [7, 11) is 1.50. The highest BCUT2D eigenvalue weighted by Gasteiger charge is 2.24. The summed E-state index contributed by atoms with van der Waals surface area (Å²) in [6.07, 6.45) is 3.29. The Hall–Kier alpha value is -5.13. The minimum absolute atomic E-state index is 0.132. The molecule has 212 valence electrons. The Morgan fingerprint density at radius 1 is 1.10 bits per heavy atom. The summed E-state index contributed by atoms with van der Waals surface area (Å²) in [4.78, 5) is 20.4. The Bertz CT molecular complexity index is 1680. The van der Waals surface area contributed by atoms with Gasteiger partial charge in [0.1, 0.15) is 17.4 Å². The maximum absolute atomic E-state index is 13.4. The van der Waals surface area contributed by atoms with Gasteiger partial charge < -0.3 is 26.4 Å². The third-order valence-corrected chi connectivity index (χ3v) is 7.70.